The number of methoxy groups -OCH3 is 1. The maximum Gasteiger partial charge on any atom is 0.311 e. The minimum absolute atomic E-state index is 0.0980. The number of amides is 1. The minimum atomic E-state index is -0.867. The quantitative estimate of drug-likeness (QED) is 0.841. The summed E-state index contributed by atoms with van der Waals surface area (Å²) in [7, 11) is 1.60. The van der Waals surface area contributed by atoms with E-state index in [0.717, 1.165) is 11.3 Å². The summed E-state index contributed by atoms with van der Waals surface area (Å²) in [5.41, 5.74) is -0.0642. The lowest BCUT2D eigenvalue weighted by molar-refractivity contribution is -0.147. The van der Waals surface area contributed by atoms with Crippen LogP contribution in [-0.4, -0.2) is 52.2 Å². The molecule has 1 aliphatic rings. The Hall–Kier alpha value is -2.90. The van der Waals surface area contributed by atoms with Crippen LogP contribution in [0.5, 0.6) is 5.75 Å². The van der Waals surface area contributed by atoms with Gasteiger partial charge in [-0.1, -0.05) is 5.16 Å². The summed E-state index contributed by atoms with van der Waals surface area (Å²) >= 11 is 0. The summed E-state index contributed by atoms with van der Waals surface area (Å²) < 4.78 is 10.3. The molecule has 2 heterocycles. The fraction of sp³-hybridized carbons (Fsp3) is 0.444. The maximum absolute atomic E-state index is 12.3. The average Bonchev–Trinajstić information content (AvgIpc) is 3.27. The number of hydrogen-bond donors (Lipinski definition) is 1. The highest BCUT2D eigenvalue weighted by Gasteiger charge is 2.41. The highest BCUT2D eigenvalue weighted by molar-refractivity contribution is 5.80. The molecule has 0 aliphatic carbocycles. The van der Waals surface area contributed by atoms with E-state index in [2.05, 4.69) is 10.1 Å². The second-order valence-corrected chi connectivity index (χ2v) is 6.67. The van der Waals surface area contributed by atoms with Crippen molar-refractivity contribution in [1.82, 2.24) is 15.0 Å². The molecule has 0 unspecified atom stereocenters. The molecule has 8 heteroatoms. The van der Waals surface area contributed by atoms with Crippen LogP contribution in [0.2, 0.25) is 0 Å². The molecule has 0 radical (unpaired) electrons. The summed E-state index contributed by atoms with van der Waals surface area (Å²) in [6.07, 6.45) is 0.998. The Morgan fingerprint density at radius 3 is 2.69 bits per heavy atom. The number of carboxylic acids is 1. The predicted octanol–water partition coefficient (Wildman–Crippen LogP) is 2.00. The van der Waals surface area contributed by atoms with E-state index in [1.807, 2.05) is 24.3 Å². The van der Waals surface area contributed by atoms with E-state index < -0.39 is 11.4 Å². The first-order valence-electron chi connectivity index (χ1n) is 8.39. The molecule has 1 aromatic heterocycles. The number of carbonyl (C=O) groups is 2. The van der Waals surface area contributed by atoms with Crippen molar-refractivity contribution in [3.8, 4) is 17.1 Å². The van der Waals surface area contributed by atoms with Crippen molar-refractivity contribution < 1.29 is 24.0 Å². The lowest BCUT2D eigenvalue weighted by atomic mass is 9.90. The molecule has 8 nitrogen and oxygen atoms in total. The van der Waals surface area contributed by atoms with E-state index >= 15 is 0 Å². The molecule has 1 fully saturated rings. The van der Waals surface area contributed by atoms with Gasteiger partial charge in [-0.25, -0.2) is 0 Å². The summed E-state index contributed by atoms with van der Waals surface area (Å²) in [5.74, 6) is 0.606. The van der Waals surface area contributed by atoms with Crippen LogP contribution in [0.3, 0.4) is 0 Å². The molecule has 1 saturated heterocycles. The zero-order valence-electron chi connectivity index (χ0n) is 14.8. The highest BCUT2D eigenvalue weighted by Crippen LogP contribution is 2.30. The number of aryl methyl sites for hydroxylation is 1. The first-order chi connectivity index (χ1) is 12.4. The fourth-order valence-electron chi connectivity index (χ4n) is 2.93. The summed E-state index contributed by atoms with van der Waals surface area (Å²) in [4.78, 5) is 29.5. The van der Waals surface area contributed by atoms with Crippen LogP contribution in [0.15, 0.2) is 28.8 Å². The van der Waals surface area contributed by atoms with Crippen molar-refractivity contribution in [2.75, 3.05) is 20.2 Å². The van der Waals surface area contributed by atoms with Gasteiger partial charge < -0.3 is 19.3 Å². The number of carboxylic acid groups (broad SMARTS) is 1. The van der Waals surface area contributed by atoms with E-state index in [1.165, 1.54) is 0 Å². The highest BCUT2D eigenvalue weighted by atomic mass is 16.5. The van der Waals surface area contributed by atoms with Gasteiger partial charge >= 0.3 is 5.97 Å². The van der Waals surface area contributed by atoms with Crippen molar-refractivity contribution >= 4 is 11.9 Å². The lowest BCUT2D eigenvalue weighted by Gasteiger charge is -2.19. The number of aromatic nitrogens is 2. The van der Waals surface area contributed by atoms with Gasteiger partial charge in [0.25, 0.3) is 0 Å². The maximum atomic E-state index is 12.3. The zero-order chi connectivity index (χ0) is 18.7. The van der Waals surface area contributed by atoms with E-state index in [-0.39, 0.29) is 18.9 Å². The van der Waals surface area contributed by atoms with E-state index in [0.29, 0.717) is 31.1 Å². The van der Waals surface area contributed by atoms with E-state index in [4.69, 9.17) is 9.26 Å². The van der Waals surface area contributed by atoms with Gasteiger partial charge in [-0.2, -0.15) is 4.98 Å². The van der Waals surface area contributed by atoms with Crippen LogP contribution in [0, 0.1) is 5.41 Å². The number of ether oxygens (including phenoxy) is 1. The largest absolute Gasteiger partial charge is 0.497 e. The third-order valence-corrected chi connectivity index (χ3v) is 4.71. The van der Waals surface area contributed by atoms with Crippen molar-refractivity contribution in [2.45, 2.75) is 26.2 Å². The Kier molecular flexibility index (Phi) is 4.92. The first-order valence-corrected chi connectivity index (χ1v) is 8.39. The van der Waals surface area contributed by atoms with Crippen molar-refractivity contribution in [3.05, 3.63) is 30.2 Å². The van der Waals surface area contributed by atoms with Crippen LogP contribution in [-0.2, 0) is 16.0 Å². The topological polar surface area (TPSA) is 106 Å². The monoisotopic (exact) mass is 359 g/mol. The van der Waals surface area contributed by atoms with Gasteiger partial charge in [0.15, 0.2) is 0 Å². The Morgan fingerprint density at radius 2 is 2.08 bits per heavy atom. The number of nitrogens with zero attached hydrogens (tertiary/aromatic N) is 3. The Bertz CT molecular complexity index is 801. The molecule has 26 heavy (non-hydrogen) atoms. The fourth-order valence-corrected chi connectivity index (χ4v) is 2.93. The Balaban J connectivity index is 1.56. The molecule has 0 spiro atoms. The molecular formula is C18H21N3O5. The van der Waals surface area contributed by atoms with Crippen LogP contribution < -0.4 is 4.74 Å². The molecule has 0 saturated carbocycles. The number of rotatable bonds is 6. The van der Waals surface area contributed by atoms with Gasteiger partial charge in [0.1, 0.15) is 5.75 Å². The SMILES string of the molecule is COc1ccc(-c2noc(CCC(=O)N3CC[C@](C)(C(=O)O)C3)n2)cc1. The Labute approximate surface area is 150 Å². The van der Waals surface area contributed by atoms with Crippen molar-refractivity contribution in [2.24, 2.45) is 5.41 Å². The van der Waals surface area contributed by atoms with E-state index in [9.17, 15) is 14.7 Å². The van der Waals surface area contributed by atoms with Gasteiger partial charge in [-0.15, -0.1) is 0 Å². The van der Waals surface area contributed by atoms with Crippen LogP contribution in [0.4, 0.5) is 0 Å². The molecule has 1 atom stereocenters. The number of likely N-dealkylation sites (tertiary alicyclic amines) is 1. The van der Waals surface area contributed by atoms with E-state index in [1.54, 1.807) is 18.9 Å². The molecule has 1 N–H and O–H groups in total. The molecular weight excluding hydrogens is 338 g/mol. The summed E-state index contributed by atoms with van der Waals surface area (Å²) in [6, 6.07) is 7.27. The first kappa shape index (κ1) is 17.9. The van der Waals surface area contributed by atoms with Gasteiger partial charge in [0.2, 0.25) is 17.6 Å². The molecule has 1 amide bonds. The standard InChI is InChI=1S/C18H21N3O5/c1-18(17(23)24)9-10-21(11-18)15(22)8-7-14-19-16(20-26-14)12-3-5-13(25-2)6-4-12/h3-6H,7-11H2,1-2H3,(H,23,24)/t18-/m0/s1. The molecule has 2 aromatic rings. The van der Waals surface area contributed by atoms with Crippen LogP contribution in [0.25, 0.3) is 11.4 Å². The van der Waals surface area contributed by atoms with Gasteiger partial charge in [-0.3, -0.25) is 9.59 Å². The minimum Gasteiger partial charge on any atom is -0.497 e. The van der Waals surface area contributed by atoms with Gasteiger partial charge in [0, 0.05) is 31.5 Å². The molecule has 1 aliphatic heterocycles. The van der Waals surface area contributed by atoms with Crippen LogP contribution >= 0.6 is 0 Å². The van der Waals surface area contributed by atoms with Crippen molar-refractivity contribution in [3.63, 3.8) is 0 Å². The molecule has 0 bridgehead atoms. The lowest BCUT2D eigenvalue weighted by Crippen LogP contribution is -2.34. The Morgan fingerprint density at radius 1 is 1.35 bits per heavy atom. The third kappa shape index (κ3) is 3.68. The predicted molar refractivity (Wildman–Crippen MR) is 91.5 cm³/mol. The van der Waals surface area contributed by atoms with Gasteiger partial charge in [-0.05, 0) is 37.6 Å². The third-order valence-electron chi connectivity index (χ3n) is 4.71. The molecule has 138 valence electrons. The number of aliphatic carboxylic acids is 1. The molecule has 1 aromatic carbocycles. The normalized spacial score (nSPS) is 19.5. The summed E-state index contributed by atoms with van der Waals surface area (Å²) in [6.45, 7) is 2.37. The average molecular weight is 359 g/mol. The number of benzene rings is 1. The molecule has 3 rings (SSSR count). The van der Waals surface area contributed by atoms with Crippen molar-refractivity contribution in [1.29, 1.82) is 0 Å². The second-order valence-electron chi connectivity index (χ2n) is 6.67. The smallest absolute Gasteiger partial charge is 0.311 e. The van der Waals surface area contributed by atoms with Crippen LogP contribution in [0.1, 0.15) is 25.7 Å². The number of hydrogen-bond acceptors (Lipinski definition) is 6. The zero-order valence-corrected chi connectivity index (χ0v) is 14.8. The second kappa shape index (κ2) is 7.15. The summed E-state index contributed by atoms with van der Waals surface area (Å²) in [5, 5.41) is 13.2. The number of carbonyl (C=O) groups excluding carboxylic acids is 1. The van der Waals surface area contributed by atoms with Gasteiger partial charge in [0.05, 0.1) is 12.5 Å².